The number of carboxylic acid groups (broad SMARTS) is 1. The van der Waals surface area contributed by atoms with Crippen molar-refractivity contribution >= 4 is 33.5 Å². The molecular weight excluding hydrogens is 466 g/mol. The second-order valence-electron chi connectivity index (χ2n) is 9.45. The molecule has 6 rings (SSSR count). The van der Waals surface area contributed by atoms with Gasteiger partial charge < -0.3 is 20.9 Å². The molecular formula is C29H27N5O3. The fourth-order valence-electron chi connectivity index (χ4n) is 4.96. The largest absolute Gasteiger partial charge is 0.487 e. The van der Waals surface area contributed by atoms with Crippen LogP contribution in [0.4, 0.5) is 5.82 Å². The number of benzene rings is 3. The number of rotatable bonds is 8. The quantitative estimate of drug-likeness (QED) is 0.296. The molecule has 5 aromatic rings. The van der Waals surface area contributed by atoms with E-state index in [0.29, 0.717) is 23.0 Å². The zero-order valence-corrected chi connectivity index (χ0v) is 20.2. The van der Waals surface area contributed by atoms with Crippen LogP contribution in [0.5, 0.6) is 5.75 Å². The summed E-state index contributed by atoms with van der Waals surface area (Å²) in [6.45, 7) is 3.03. The highest BCUT2D eigenvalue weighted by Crippen LogP contribution is 2.34. The summed E-state index contributed by atoms with van der Waals surface area (Å²) in [6, 6.07) is 21.7. The van der Waals surface area contributed by atoms with Crippen LogP contribution in [0, 0.1) is 5.92 Å². The van der Waals surface area contributed by atoms with E-state index >= 15 is 0 Å². The highest BCUT2D eigenvalue weighted by Gasteiger charge is 2.21. The zero-order valence-electron chi connectivity index (χ0n) is 20.2. The smallest absolute Gasteiger partial charge is 0.307 e. The molecule has 0 saturated carbocycles. The van der Waals surface area contributed by atoms with Gasteiger partial charge in [-0.1, -0.05) is 42.5 Å². The molecule has 0 amide bonds. The SMILES string of the molecule is Nc1nccc2c(-c3ccc4c(c3)c(COc3ccccc3CC(=O)O)nn4CC3CNC3)cccc12. The molecule has 8 heteroatoms. The predicted octanol–water partition coefficient (Wildman–Crippen LogP) is 4.26. The molecule has 3 heterocycles. The Kier molecular flexibility index (Phi) is 5.94. The lowest BCUT2D eigenvalue weighted by Crippen LogP contribution is -2.44. The second-order valence-corrected chi connectivity index (χ2v) is 9.45. The fraction of sp³-hybridized carbons (Fsp3) is 0.207. The first kappa shape index (κ1) is 23.0. The summed E-state index contributed by atoms with van der Waals surface area (Å²) < 4.78 is 8.21. The number of para-hydroxylation sites is 1. The molecule has 0 radical (unpaired) electrons. The van der Waals surface area contributed by atoms with Gasteiger partial charge in [0.2, 0.25) is 0 Å². The number of aliphatic carboxylic acids is 1. The molecule has 186 valence electrons. The molecule has 0 unspecified atom stereocenters. The minimum atomic E-state index is -0.893. The molecule has 0 bridgehead atoms. The highest BCUT2D eigenvalue weighted by molar-refractivity contribution is 6.02. The number of hydrogen-bond donors (Lipinski definition) is 3. The summed E-state index contributed by atoms with van der Waals surface area (Å²) in [6.07, 6.45) is 1.64. The first-order valence-electron chi connectivity index (χ1n) is 12.3. The molecule has 1 fully saturated rings. The summed E-state index contributed by atoms with van der Waals surface area (Å²) in [5, 5.41) is 20.5. The number of hydrogen-bond acceptors (Lipinski definition) is 6. The van der Waals surface area contributed by atoms with Crippen LogP contribution in [0.2, 0.25) is 0 Å². The van der Waals surface area contributed by atoms with Gasteiger partial charge in [-0.25, -0.2) is 4.98 Å². The maximum absolute atomic E-state index is 11.3. The lowest BCUT2D eigenvalue weighted by molar-refractivity contribution is -0.136. The Morgan fingerprint density at radius 2 is 1.92 bits per heavy atom. The number of pyridine rings is 1. The van der Waals surface area contributed by atoms with Crippen molar-refractivity contribution in [3.63, 3.8) is 0 Å². The second kappa shape index (κ2) is 9.55. The average molecular weight is 494 g/mol. The topological polar surface area (TPSA) is 115 Å². The van der Waals surface area contributed by atoms with Crippen LogP contribution in [0.25, 0.3) is 32.8 Å². The number of ether oxygens (including phenoxy) is 1. The van der Waals surface area contributed by atoms with Crippen molar-refractivity contribution in [3.8, 4) is 16.9 Å². The van der Waals surface area contributed by atoms with Crippen molar-refractivity contribution in [2.45, 2.75) is 19.6 Å². The van der Waals surface area contributed by atoms with Crippen molar-refractivity contribution in [2.75, 3.05) is 18.8 Å². The minimum absolute atomic E-state index is 0.0940. The van der Waals surface area contributed by atoms with E-state index in [-0.39, 0.29) is 13.0 Å². The number of nitrogens with zero attached hydrogens (tertiary/aromatic N) is 3. The Morgan fingerprint density at radius 3 is 2.73 bits per heavy atom. The van der Waals surface area contributed by atoms with E-state index in [0.717, 1.165) is 58.1 Å². The van der Waals surface area contributed by atoms with Gasteiger partial charge in [0.25, 0.3) is 0 Å². The third-order valence-corrected chi connectivity index (χ3v) is 6.95. The third-order valence-electron chi connectivity index (χ3n) is 6.95. The summed E-state index contributed by atoms with van der Waals surface area (Å²) in [4.78, 5) is 15.5. The average Bonchev–Trinajstić information content (AvgIpc) is 3.22. The fourth-order valence-corrected chi connectivity index (χ4v) is 4.96. The highest BCUT2D eigenvalue weighted by atomic mass is 16.5. The van der Waals surface area contributed by atoms with Crippen molar-refractivity contribution in [2.24, 2.45) is 5.92 Å². The van der Waals surface area contributed by atoms with Gasteiger partial charge in [-0.05, 0) is 40.8 Å². The summed E-state index contributed by atoms with van der Waals surface area (Å²) in [7, 11) is 0. The van der Waals surface area contributed by atoms with Crippen LogP contribution in [0.15, 0.2) is 72.9 Å². The van der Waals surface area contributed by atoms with E-state index in [9.17, 15) is 9.90 Å². The van der Waals surface area contributed by atoms with Crippen molar-refractivity contribution in [3.05, 3.63) is 84.2 Å². The Labute approximate surface area is 213 Å². The molecule has 0 spiro atoms. The Bertz CT molecular complexity index is 1620. The van der Waals surface area contributed by atoms with Crippen LogP contribution in [0.1, 0.15) is 11.3 Å². The van der Waals surface area contributed by atoms with Crippen LogP contribution < -0.4 is 15.8 Å². The summed E-state index contributed by atoms with van der Waals surface area (Å²) in [5.41, 5.74) is 10.8. The van der Waals surface area contributed by atoms with Crippen molar-refractivity contribution < 1.29 is 14.6 Å². The number of aromatic nitrogens is 3. The lowest BCUT2D eigenvalue weighted by Gasteiger charge is -2.27. The normalized spacial score (nSPS) is 13.6. The van der Waals surface area contributed by atoms with Gasteiger partial charge in [0.1, 0.15) is 23.9 Å². The van der Waals surface area contributed by atoms with Gasteiger partial charge in [0.15, 0.2) is 0 Å². The number of anilines is 1. The van der Waals surface area contributed by atoms with E-state index in [4.69, 9.17) is 15.6 Å². The Hall–Kier alpha value is -4.43. The van der Waals surface area contributed by atoms with Crippen LogP contribution in [-0.4, -0.2) is 38.9 Å². The predicted molar refractivity (Wildman–Crippen MR) is 143 cm³/mol. The molecule has 8 nitrogen and oxygen atoms in total. The molecule has 37 heavy (non-hydrogen) atoms. The van der Waals surface area contributed by atoms with E-state index in [1.54, 1.807) is 18.3 Å². The molecule has 2 aromatic heterocycles. The molecule has 1 aliphatic rings. The molecule has 3 aromatic carbocycles. The van der Waals surface area contributed by atoms with Crippen LogP contribution >= 0.6 is 0 Å². The van der Waals surface area contributed by atoms with E-state index in [1.807, 2.05) is 30.3 Å². The Morgan fingerprint density at radius 1 is 1.05 bits per heavy atom. The van der Waals surface area contributed by atoms with Crippen molar-refractivity contribution in [1.29, 1.82) is 0 Å². The number of carboxylic acids is 1. The molecule has 1 aliphatic heterocycles. The van der Waals surface area contributed by atoms with Gasteiger partial charge in [-0.3, -0.25) is 9.48 Å². The Balaban J connectivity index is 1.41. The van der Waals surface area contributed by atoms with Gasteiger partial charge in [0.05, 0.1) is 11.9 Å². The molecule has 0 aliphatic carbocycles. The monoisotopic (exact) mass is 493 g/mol. The molecule has 0 atom stereocenters. The van der Waals surface area contributed by atoms with Gasteiger partial charge in [-0.2, -0.15) is 5.10 Å². The first-order valence-corrected chi connectivity index (χ1v) is 12.3. The first-order chi connectivity index (χ1) is 18.1. The standard InChI is InChI=1S/C29H27N5O3/c30-29-23-6-3-5-21(22(23)10-11-32-29)19-8-9-26-24(12-19)25(33-34(26)16-18-14-31-15-18)17-37-27-7-2-1-4-20(27)13-28(35)36/h1-12,18,31H,13-17H2,(H2,30,32)(H,35,36). The number of fused-ring (bicyclic) bond motifs is 2. The number of carbonyl (C=O) groups is 1. The maximum Gasteiger partial charge on any atom is 0.307 e. The van der Waals surface area contributed by atoms with Gasteiger partial charge in [-0.15, -0.1) is 0 Å². The third kappa shape index (κ3) is 4.47. The van der Waals surface area contributed by atoms with Crippen LogP contribution in [0.3, 0.4) is 0 Å². The summed E-state index contributed by atoms with van der Waals surface area (Å²) in [5.74, 6) is 0.720. The van der Waals surface area contributed by atoms with Gasteiger partial charge >= 0.3 is 5.97 Å². The number of nitrogen functional groups attached to an aromatic ring is 1. The van der Waals surface area contributed by atoms with E-state index in [1.165, 1.54) is 0 Å². The maximum atomic E-state index is 11.3. The molecule has 1 saturated heterocycles. The van der Waals surface area contributed by atoms with Crippen molar-refractivity contribution in [1.82, 2.24) is 20.1 Å². The number of nitrogens with two attached hydrogens (primary N) is 1. The zero-order chi connectivity index (χ0) is 25.4. The van der Waals surface area contributed by atoms with Gasteiger partial charge in [0, 0.05) is 48.1 Å². The lowest BCUT2D eigenvalue weighted by atomic mass is 9.97. The molecule has 4 N–H and O–H groups in total. The summed E-state index contributed by atoms with van der Waals surface area (Å²) >= 11 is 0. The number of nitrogens with one attached hydrogen (secondary N) is 1. The van der Waals surface area contributed by atoms with E-state index in [2.05, 4.69) is 39.2 Å². The minimum Gasteiger partial charge on any atom is -0.487 e. The van der Waals surface area contributed by atoms with Crippen LogP contribution in [-0.2, 0) is 24.4 Å². The van der Waals surface area contributed by atoms with E-state index < -0.39 is 5.97 Å².